The van der Waals surface area contributed by atoms with Crippen LogP contribution >= 0.6 is 15.9 Å². The number of halogens is 1. The van der Waals surface area contributed by atoms with Crippen LogP contribution in [-0.4, -0.2) is 22.5 Å². The molecule has 0 amide bonds. The SMILES string of the molecule is CCOC(=O)c1ccnc(-c2ccc(Br)cc2)n1. The maximum Gasteiger partial charge on any atom is 0.357 e. The molecular formula is C13H11BrN2O2. The molecule has 0 N–H and O–H groups in total. The van der Waals surface area contributed by atoms with E-state index in [0.717, 1.165) is 10.0 Å². The van der Waals surface area contributed by atoms with E-state index in [1.807, 2.05) is 24.3 Å². The van der Waals surface area contributed by atoms with E-state index in [4.69, 9.17) is 4.74 Å². The molecule has 0 bridgehead atoms. The molecule has 2 rings (SSSR count). The van der Waals surface area contributed by atoms with Crippen LogP contribution in [-0.2, 0) is 4.74 Å². The summed E-state index contributed by atoms with van der Waals surface area (Å²) in [6.45, 7) is 2.09. The van der Waals surface area contributed by atoms with Crippen molar-refractivity contribution in [2.24, 2.45) is 0 Å². The molecule has 18 heavy (non-hydrogen) atoms. The second-order valence-electron chi connectivity index (χ2n) is 3.49. The molecule has 0 atom stereocenters. The number of rotatable bonds is 3. The van der Waals surface area contributed by atoms with Gasteiger partial charge in [0.1, 0.15) is 0 Å². The van der Waals surface area contributed by atoms with Crippen molar-refractivity contribution in [1.82, 2.24) is 9.97 Å². The van der Waals surface area contributed by atoms with E-state index in [-0.39, 0.29) is 5.69 Å². The third-order valence-electron chi connectivity index (χ3n) is 2.24. The summed E-state index contributed by atoms with van der Waals surface area (Å²) in [4.78, 5) is 19.9. The summed E-state index contributed by atoms with van der Waals surface area (Å²) >= 11 is 3.36. The lowest BCUT2D eigenvalue weighted by Crippen LogP contribution is -2.08. The molecule has 0 aliphatic rings. The molecule has 0 saturated heterocycles. The van der Waals surface area contributed by atoms with Crippen LogP contribution in [0, 0.1) is 0 Å². The summed E-state index contributed by atoms with van der Waals surface area (Å²) in [6, 6.07) is 9.11. The van der Waals surface area contributed by atoms with Gasteiger partial charge in [-0.15, -0.1) is 0 Å². The van der Waals surface area contributed by atoms with Gasteiger partial charge in [0.15, 0.2) is 11.5 Å². The van der Waals surface area contributed by atoms with Gasteiger partial charge in [0.2, 0.25) is 0 Å². The highest BCUT2D eigenvalue weighted by atomic mass is 79.9. The number of hydrogen-bond donors (Lipinski definition) is 0. The highest BCUT2D eigenvalue weighted by molar-refractivity contribution is 9.10. The second kappa shape index (κ2) is 5.73. The minimum absolute atomic E-state index is 0.268. The Morgan fingerprint density at radius 1 is 1.28 bits per heavy atom. The fourth-order valence-corrected chi connectivity index (χ4v) is 1.68. The van der Waals surface area contributed by atoms with Gasteiger partial charge < -0.3 is 4.74 Å². The van der Waals surface area contributed by atoms with Crippen LogP contribution in [0.3, 0.4) is 0 Å². The number of esters is 1. The van der Waals surface area contributed by atoms with Crippen LogP contribution in [0.4, 0.5) is 0 Å². The van der Waals surface area contributed by atoms with E-state index in [9.17, 15) is 4.79 Å². The van der Waals surface area contributed by atoms with Crippen molar-refractivity contribution in [3.8, 4) is 11.4 Å². The predicted octanol–water partition coefficient (Wildman–Crippen LogP) is 3.08. The molecule has 5 heteroatoms. The lowest BCUT2D eigenvalue weighted by Gasteiger charge is -2.03. The lowest BCUT2D eigenvalue weighted by molar-refractivity contribution is 0.0519. The maximum atomic E-state index is 11.6. The highest BCUT2D eigenvalue weighted by Gasteiger charge is 2.10. The van der Waals surface area contributed by atoms with Crippen molar-refractivity contribution < 1.29 is 9.53 Å². The maximum absolute atomic E-state index is 11.6. The van der Waals surface area contributed by atoms with E-state index in [1.165, 1.54) is 0 Å². The monoisotopic (exact) mass is 306 g/mol. The van der Waals surface area contributed by atoms with Gasteiger partial charge in [-0.1, -0.05) is 28.1 Å². The Morgan fingerprint density at radius 3 is 2.67 bits per heavy atom. The van der Waals surface area contributed by atoms with Crippen molar-refractivity contribution in [2.45, 2.75) is 6.92 Å². The van der Waals surface area contributed by atoms with Gasteiger partial charge in [-0.05, 0) is 25.1 Å². The van der Waals surface area contributed by atoms with Crippen LogP contribution in [0.25, 0.3) is 11.4 Å². The normalized spacial score (nSPS) is 10.1. The zero-order valence-corrected chi connectivity index (χ0v) is 11.3. The van der Waals surface area contributed by atoms with Crippen LogP contribution in [0.1, 0.15) is 17.4 Å². The summed E-state index contributed by atoms with van der Waals surface area (Å²) in [5, 5.41) is 0. The Labute approximate surface area is 113 Å². The van der Waals surface area contributed by atoms with E-state index >= 15 is 0 Å². The average molecular weight is 307 g/mol. The van der Waals surface area contributed by atoms with E-state index in [2.05, 4.69) is 25.9 Å². The summed E-state index contributed by atoms with van der Waals surface area (Å²) in [5.41, 5.74) is 1.12. The Kier molecular flexibility index (Phi) is 4.04. The first-order valence-corrected chi connectivity index (χ1v) is 6.26. The van der Waals surface area contributed by atoms with Gasteiger partial charge in [-0.25, -0.2) is 14.8 Å². The molecule has 2 aromatic rings. The molecule has 1 aromatic heterocycles. The third kappa shape index (κ3) is 2.92. The molecule has 1 aromatic carbocycles. The molecule has 92 valence electrons. The molecule has 0 aliphatic heterocycles. The number of hydrogen-bond acceptors (Lipinski definition) is 4. The summed E-state index contributed by atoms with van der Waals surface area (Å²) in [7, 11) is 0. The van der Waals surface area contributed by atoms with Crippen molar-refractivity contribution >= 4 is 21.9 Å². The largest absolute Gasteiger partial charge is 0.461 e. The molecule has 0 saturated carbocycles. The summed E-state index contributed by atoms with van der Waals surface area (Å²) in [5.74, 6) is 0.0753. The predicted molar refractivity (Wildman–Crippen MR) is 71.1 cm³/mol. The molecule has 0 radical (unpaired) electrons. The molecule has 0 fully saturated rings. The Balaban J connectivity index is 2.32. The topological polar surface area (TPSA) is 52.1 Å². The number of carbonyl (C=O) groups excluding carboxylic acids is 1. The fraction of sp³-hybridized carbons (Fsp3) is 0.154. The lowest BCUT2D eigenvalue weighted by atomic mass is 10.2. The standard InChI is InChI=1S/C13H11BrN2O2/c1-2-18-13(17)11-7-8-15-12(16-11)9-3-5-10(14)6-4-9/h3-8H,2H2,1H3. The second-order valence-corrected chi connectivity index (χ2v) is 4.41. The first kappa shape index (κ1) is 12.7. The molecule has 0 aliphatic carbocycles. The molecular weight excluding hydrogens is 296 g/mol. The first-order valence-electron chi connectivity index (χ1n) is 5.47. The molecule has 0 unspecified atom stereocenters. The Morgan fingerprint density at radius 2 is 2.00 bits per heavy atom. The minimum atomic E-state index is -0.432. The number of carbonyl (C=O) groups is 1. The van der Waals surface area contributed by atoms with Crippen LogP contribution in [0.15, 0.2) is 41.0 Å². The minimum Gasteiger partial charge on any atom is -0.461 e. The Hall–Kier alpha value is -1.75. The van der Waals surface area contributed by atoms with Crippen molar-refractivity contribution in [3.63, 3.8) is 0 Å². The van der Waals surface area contributed by atoms with Gasteiger partial charge in [0, 0.05) is 16.2 Å². The van der Waals surface area contributed by atoms with Gasteiger partial charge in [0.25, 0.3) is 0 Å². The van der Waals surface area contributed by atoms with E-state index in [0.29, 0.717) is 12.4 Å². The third-order valence-corrected chi connectivity index (χ3v) is 2.77. The van der Waals surface area contributed by atoms with Gasteiger partial charge in [0.05, 0.1) is 6.61 Å². The van der Waals surface area contributed by atoms with E-state index in [1.54, 1.807) is 19.2 Å². The summed E-state index contributed by atoms with van der Waals surface area (Å²) in [6.07, 6.45) is 1.55. The van der Waals surface area contributed by atoms with Crippen molar-refractivity contribution in [3.05, 3.63) is 46.7 Å². The van der Waals surface area contributed by atoms with Crippen molar-refractivity contribution in [2.75, 3.05) is 6.61 Å². The van der Waals surface area contributed by atoms with Crippen LogP contribution < -0.4 is 0 Å². The summed E-state index contributed by atoms with van der Waals surface area (Å²) < 4.78 is 5.88. The first-order chi connectivity index (χ1) is 8.70. The van der Waals surface area contributed by atoms with Crippen LogP contribution in [0.5, 0.6) is 0 Å². The zero-order chi connectivity index (χ0) is 13.0. The zero-order valence-electron chi connectivity index (χ0n) is 9.76. The van der Waals surface area contributed by atoms with Gasteiger partial charge >= 0.3 is 5.97 Å². The number of aromatic nitrogens is 2. The molecule has 4 nitrogen and oxygen atoms in total. The van der Waals surface area contributed by atoms with Gasteiger partial charge in [-0.3, -0.25) is 0 Å². The number of benzene rings is 1. The quantitative estimate of drug-likeness (QED) is 0.818. The Bertz CT molecular complexity index is 555. The molecule has 0 spiro atoms. The van der Waals surface area contributed by atoms with E-state index < -0.39 is 5.97 Å². The molecule has 1 heterocycles. The number of ether oxygens (including phenoxy) is 1. The van der Waals surface area contributed by atoms with Crippen molar-refractivity contribution in [1.29, 1.82) is 0 Å². The van der Waals surface area contributed by atoms with Gasteiger partial charge in [-0.2, -0.15) is 0 Å². The average Bonchev–Trinajstić information content (AvgIpc) is 2.40. The number of nitrogens with zero attached hydrogens (tertiary/aromatic N) is 2. The smallest absolute Gasteiger partial charge is 0.357 e. The fourth-order valence-electron chi connectivity index (χ4n) is 1.42. The van der Waals surface area contributed by atoms with Crippen LogP contribution in [0.2, 0.25) is 0 Å². The highest BCUT2D eigenvalue weighted by Crippen LogP contribution is 2.18.